The van der Waals surface area contributed by atoms with E-state index in [1.54, 1.807) is 0 Å². The van der Waals surface area contributed by atoms with Crippen molar-refractivity contribution in [3.63, 3.8) is 0 Å². The summed E-state index contributed by atoms with van der Waals surface area (Å²) in [5.41, 5.74) is -0.678. The Morgan fingerprint density at radius 3 is 2.42 bits per heavy atom. The minimum Gasteiger partial charge on any atom is -0.276 e. The van der Waals surface area contributed by atoms with Gasteiger partial charge in [0.25, 0.3) is 10.0 Å². The molecule has 8 heteroatoms. The fraction of sp³-hybridized carbons (Fsp3) is 0. The predicted octanol–water partition coefficient (Wildman–Crippen LogP) is 2.30. The molecule has 0 spiro atoms. The van der Waals surface area contributed by atoms with Crippen molar-refractivity contribution in [3.8, 4) is 0 Å². The molecule has 19 heavy (non-hydrogen) atoms. The van der Waals surface area contributed by atoms with E-state index in [-0.39, 0.29) is 4.90 Å². The number of nitrogens with one attached hydrogen (secondary N) is 1. The summed E-state index contributed by atoms with van der Waals surface area (Å²) in [7, 11) is -4.11. The van der Waals surface area contributed by atoms with E-state index >= 15 is 0 Å². The third-order valence-corrected chi connectivity index (χ3v) is 3.57. The van der Waals surface area contributed by atoms with Gasteiger partial charge in [-0.2, -0.15) is 0 Å². The highest BCUT2D eigenvalue weighted by Crippen LogP contribution is 2.22. The zero-order valence-electron chi connectivity index (χ0n) is 9.27. The summed E-state index contributed by atoms with van der Waals surface area (Å²) in [5.74, 6) is -4.75. The quantitative estimate of drug-likeness (QED) is 0.882. The molecular weight excluding hydrogens is 281 g/mol. The zero-order valence-corrected chi connectivity index (χ0v) is 10.1. The lowest BCUT2D eigenvalue weighted by atomic mass is 10.3. The number of hydrogen-bond acceptors (Lipinski definition) is 3. The first-order valence-electron chi connectivity index (χ1n) is 4.98. The largest absolute Gasteiger partial charge is 0.276 e. The van der Waals surface area contributed by atoms with E-state index in [0.29, 0.717) is 6.07 Å². The molecule has 0 saturated carbocycles. The van der Waals surface area contributed by atoms with Crippen molar-refractivity contribution in [2.24, 2.45) is 0 Å². The molecule has 0 amide bonds. The summed E-state index contributed by atoms with van der Waals surface area (Å²) >= 11 is 0. The molecule has 1 heterocycles. The Bertz CT molecular complexity index is 705. The number of sulfonamides is 1. The van der Waals surface area contributed by atoms with Crippen molar-refractivity contribution in [2.45, 2.75) is 4.90 Å². The summed E-state index contributed by atoms with van der Waals surface area (Å²) in [6.07, 6.45) is 2.40. The number of rotatable bonds is 3. The number of aromatic nitrogens is 1. The van der Waals surface area contributed by atoms with Crippen molar-refractivity contribution in [2.75, 3.05) is 4.72 Å². The fourth-order valence-corrected chi connectivity index (χ4v) is 2.34. The van der Waals surface area contributed by atoms with Crippen molar-refractivity contribution in [1.29, 1.82) is 0 Å². The van der Waals surface area contributed by atoms with Crippen LogP contribution in [0.5, 0.6) is 0 Å². The van der Waals surface area contributed by atoms with Gasteiger partial charge in [-0.1, -0.05) is 0 Å². The van der Waals surface area contributed by atoms with E-state index in [2.05, 4.69) is 4.98 Å². The first-order valence-corrected chi connectivity index (χ1v) is 6.46. The molecular formula is C11H7F3N2O2S. The average Bonchev–Trinajstić information content (AvgIpc) is 2.40. The van der Waals surface area contributed by atoms with Gasteiger partial charge >= 0.3 is 0 Å². The highest BCUT2D eigenvalue weighted by atomic mass is 32.2. The Labute approximate surface area is 107 Å². The van der Waals surface area contributed by atoms with Crippen LogP contribution in [0, 0.1) is 17.5 Å². The lowest BCUT2D eigenvalue weighted by Crippen LogP contribution is -2.14. The van der Waals surface area contributed by atoms with Crippen LogP contribution in [-0.4, -0.2) is 13.4 Å². The van der Waals surface area contributed by atoms with Gasteiger partial charge in [0, 0.05) is 12.4 Å². The molecule has 0 fully saturated rings. The second-order valence-corrected chi connectivity index (χ2v) is 5.20. The first kappa shape index (κ1) is 13.3. The van der Waals surface area contributed by atoms with Crippen LogP contribution in [0.2, 0.25) is 0 Å². The molecule has 2 rings (SSSR count). The molecule has 0 bridgehead atoms. The van der Waals surface area contributed by atoms with E-state index in [1.807, 2.05) is 4.72 Å². The van der Waals surface area contributed by atoms with Crippen LogP contribution in [0.4, 0.5) is 18.9 Å². The van der Waals surface area contributed by atoms with E-state index in [0.717, 1.165) is 12.3 Å². The fourth-order valence-electron chi connectivity index (χ4n) is 1.31. The van der Waals surface area contributed by atoms with E-state index in [1.165, 1.54) is 18.3 Å². The molecule has 0 radical (unpaired) electrons. The molecule has 0 aliphatic rings. The predicted molar refractivity (Wildman–Crippen MR) is 61.4 cm³/mol. The highest BCUT2D eigenvalue weighted by molar-refractivity contribution is 7.92. The molecule has 1 N–H and O–H groups in total. The minimum atomic E-state index is -4.11. The second kappa shape index (κ2) is 4.88. The van der Waals surface area contributed by atoms with E-state index in [4.69, 9.17) is 0 Å². The third kappa shape index (κ3) is 2.68. The van der Waals surface area contributed by atoms with E-state index < -0.39 is 33.2 Å². The summed E-state index contributed by atoms with van der Waals surface area (Å²) in [6, 6.07) is 4.02. The van der Waals surface area contributed by atoms with Gasteiger partial charge in [-0.05, 0) is 24.3 Å². The van der Waals surface area contributed by atoms with Crippen LogP contribution in [0.25, 0.3) is 0 Å². The number of anilines is 1. The Balaban J connectivity index is 2.40. The Morgan fingerprint density at radius 2 is 1.79 bits per heavy atom. The van der Waals surface area contributed by atoms with Crippen molar-refractivity contribution in [3.05, 3.63) is 54.1 Å². The minimum absolute atomic E-state index is 0.223. The zero-order chi connectivity index (χ0) is 14.0. The van der Waals surface area contributed by atoms with Crippen LogP contribution in [0.15, 0.2) is 41.6 Å². The maximum atomic E-state index is 13.4. The van der Waals surface area contributed by atoms with Gasteiger partial charge in [-0.25, -0.2) is 21.6 Å². The average molecular weight is 288 g/mol. The molecule has 0 saturated heterocycles. The highest BCUT2D eigenvalue weighted by Gasteiger charge is 2.19. The maximum absolute atomic E-state index is 13.4. The van der Waals surface area contributed by atoms with Gasteiger partial charge in [0.15, 0.2) is 17.5 Å². The molecule has 0 unspecified atom stereocenters. The Hall–Kier alpha value is -2.09. The molecule has 1 aromatic heterocycles. The van der Waals surface area contributed by atoms with Crippen LogP contribution in [0.1, 0.15) is 0 Å². The van der Waals surface area contributed by atoms with Crippen molar-refractivity contribution < 1.29 is 21.6 Å². The molecule has 1 aromatic carbocycles. The van der Waals surface area contributed by atoms with Crippen LogP contribution in [-0.2, 0) is 10.0 Å². The van der Waals surface area contributed by atoms with Crippen molar-refractivity contribution >= 4 is 15.7 Å². The van der Waals surface area contributed by atoms with Crippen molar-refractivity contribution in [1.82, 2.24) is 4.98 Å². The monoisotopic (exact) mass is 288 g/mol. The summed E-state index contributed by atoms with van der Waals surface area (Å²) in [5, 5.41) is 0. The van der Waals surface area contributed by atoms with Crippen LogP contribution >= 0.6 is 0 Å². The number of nitrogens with zero attached hydrogens (tertiary/aromatic N) is 1. The normalized spacial score (nSPS) is 11.3. The van der Waals surface area contributed by atoms with Gasteiger partial charge in [0.05, 0.1) is 5.69 Å². The first-order chi connectivity index (χ1) is 8.92. The lowest BCUT2D eigenvalue weighted by molar-refractivity contribution is 0.449. The van der Waals surface area contributed by atoms with Gasteiger partial charge in [-0.15, -0.1) is 0 Å². The lowest BCUT2D eigenvalue weighted by Gasteiger charge is -2.09. The molecule has 2 aromatic rings. The smallest absolute Gasteiger partial charge is 0.263 e. The van der Waals surface area contributed by atoms with Gasteiger partial charge < -0.3 is 0 Å². The molecule has 0 aliphatic carbocycles. The summed E-state index contributed by atoms with van der Waals surface area (Å²) in [6.45, 7) is 0. The number of hydrogen-bond donors (Lipinski definition) is 1. The topological polar surface area (TPSA) is 59.1 Å². The SMILES string of the molecule is O=S(=O)(Nc1ccc(F)c(F)c1F)c1cccnc1. The van der Waals surface area contributed by atoms with Crippen LogP contribution in [0.3, 0.4) is 0 Å². The Morgan fingerprint density at radius 1 is 1.05 bits per heavy atom. The third-order valence-electron chi connectivity index (χ3n) is 2.22. The van der Waals surface area contributed by atoms with E-state index in [9.17, 15) is 21.6 Å². The number of pyridine rings is 1. The van der Waals surface area contributed by atoms with Gasteiger partial charge in [0.2, 0.25) is 0 Å². The summed E-state index contributed by atoms with van der Waals surface area (Å²) in [4.78, 5) is 3.38. The standard InChI is InChI=1S/C11H7F3N2O2S/c12-8-3-4-9(11(14)10(8)13)16-19(17,18)7-2-1-5-15-6-7/h1-6,16H. The Kier molecular flexibility index (Phi) is 3.43. The molecule has 100 valence electrons. The molecule has 0 aliphatic heterocycles. The van der Waals surface area contributed by atoms with Crippen LogP contribution < -0.4 is 4.72 Å². The number of benzene rings is 1. The second-order valence-electron chi connectivity index (χ2n) is 3.52. The van der Waals surface area contributed by atoms with Gasteiger partial charge in [-0.3, -0.25) is 9.71 Å². The number of halogens is 3. The molecule has 0 atom stereocenters. The summed E-state index contributed by atoms with van der Waals surface area (Å²) < 4.78 is 64.5. The van der Waals surface area contributed by atoms with Gasteiger partial charge in [0.1, 0.15) is 4.90 Å². The molecule has 4 nitrogen and oxygen atoms in total. The maximum Gasteiger partial charge on any atom is 0.263 e.